The van der Waals surface area contributed by atoms with Crippen molar-refractivity contribution in [1.82, 2.24) is 25.1 Å². The second-order valence-corrected chi connectivity index (χ2v) is 8.68. The number of fused-ring (bicyclic) bond motifs is 1. The van der Waals surface area contributed by atoms with Gasteiger partial charge in [-0.3, -0.25) is 14.9 Å². The van der Waals surface area contributed by atoms with E-state index in [-0.39, 0.29) is 23.2 Å². The van der Waals surface area contributed by atoms with Crippen LogP contribution in [0, 0.1) is 17.0 Å². The molecule has 1 amide bonds. The van der Waals surface area contributed by atoms with Crippen molar-refractivity contribution in [3.05, 3.63) is 45.6 Å². The number of nitro benzene ring substituents is 1. The highest BCUT2D eigenvalue weighted by molar-refractivity contribution is 7.99. The third-order valence-corrected chi connectivity index (χ3v) is 5.67. The Labute approximate surface area is 190 Å². The fraction of sp³-hybridized carbons (Fsp3) is 0.429. The summed E-state index contributed by atoms with van der Waals surface area (Å²) in [7, 11) is 0. The molecule has 0 bridgehead atoms. The fourth-order valence-electron chi connectivity index (χ4n) is 3.07. The standard InChI is InChI=1S/C21H27N7O3S/c1-5-10-32-21-25-18(24-13(2)3)16-12-23-27(19(16)26-21)9-8-22-20(29)15-7-6-14(4)17(11-15)28(30)31/h6-7,11-13H,5,8-10H2,1-4H3,(H,22,29)(H,24,25,26). The number of aryl methyl sites for hydroxylation is 1. The Balaban J connectivity index is 1.75. The van der Waals surface area contributed by atoms with E-state index in [4.69, 9.17) is 0 Å². The lowest BCUT2D eigenvalue weighted by molar-refractivity contribution is -0.385. The summed E-state index contributed by atoms with van der Waals surface area (Å²) < 4.78 is 1.73. The third kappa shape index (κ3) is 5.52. The molecule has 0 atom stereocenters. The highest BCUT2D eigenvalue weighted by Gasteiger charge is 2.16. The molecule has 0 radical (unpaired) electrons. The summed E-state index contributed by atoms with van der Waals surface area (Å²) in [5, 5.41) is 23.2. The molecule has 2 N–H and O–H groups in total. The Morgan fingerprint density at radius 1 is 1.31 bits per heavy atom. The molecule has 170 valence electrons. The molecule has 3 aromatic rings. The van der Waals surface area contributed by atoms with Crippen molar-refractivity contribution in [3.8, 4) is 0 Å². The van der Waals surface area contributed by atoms with E-state index >= 15 is 0 Å². The topological polar surface area (TPSA) is 128 Å². The highest BCUT2D eigenvalue weighted by Crippen LogP contribution is 2.25. The van der Waals surface area contributed by atoms with Crippen molar-refractivity contribution in [2.75, 3.05) is 17.6 Å². The van der Waals surface area contributed by atoms with Crippen molar-refractivity contribution < 1.29 is 9.72 Å². The second kappa shape index (κ2) is 10.4. The quantitative estimate of drug-likeness (QED) is 0.204. The molecule has 2 aromatic heterocycles. The highest BCUT2D eigenvalue weighted by atomic mass is 32.2. The predicted octanol–water partition coefficient (Wildman–Crippen LogP) is 3.80. The molecule has 10 nitrogen and oxygen atoms in total. The van der Waals surface area contributed by atoms with Crippen molar-refractivity contribution in [3.63, 3.8) is 0 Å². The van der Waals surface area contributed by atoms with Crippen LogP contribution in [0.15, 0.2) is 29.6 Å². The van der Waals surface area contributed by atoms with Crippen LogP contribution >= 0.6 is 11.8 Å². The van der Waals surface area contributed by atoms with Crippen molar-refractivity contribution >= 4 is 40.2 Å². The van der Waals surface area contributed by atoms with Gasteiger partial charge in [-0.25, -0.2) is 14.6 Å². The lowest BCUT2D eigenvalue weighted by atomic mass is 10.1. The van der Waals surface area contributed by atoms with Gasteiger partial charge < -0.3 is 10.6 Å². The summed E-state index contributed by atoms with van der Waals surface area (Å²) >= 11 is 1.59. The number of hydrogen-bond acceptors (Lipinski definition) is 8. The van der Waals surface area contributed by atoms with E-state index < -0.39 is 4.92 Å². The van der Waals surface area contributed by atoms with E-state index in [2.05, 4.69) is 32.6 Å². The smallest absolute Gasteiger partial charge is 0.273 e. The Morgan fingerprint density at radius 3 is 2.78 bits per heavy atom. The zero-order valence-electron chi connectivity index (χ0n) is 18.6. The largest absolute Gasteiger partial charge is 0.367 e. The van der Waals surface area contributed by atoms with Gasteiger partial charge in [0.25, 0.3) is 11.6 Å². The average Bonchev–Trinajstić information content (AvgIpc) is 3.15. The number of thioether (sulfide) groups is 1. The molecular formula is C21H27N7O3S. The Morgan fingerprint density at radius 2 is 2.09 bits per heavy atom. The number of nitrogens with one attached hydrogen (secondary N) is 2. The van der Waals surface area contributed by atoms with E-state index in [1.807, 2.05) is 13.8 Å². The number of aromatic nitrogens is 4. The van der Waals surface area contributed by atoms with E-state index in [1.165, 1.54) is 6.07 Å². The van der Waals surface area contributed by atoms with Gasteiger partial charge in [-0.15, -0.1) is 0 Å². The maximum atomic E-state index is 12.5. The summed E-state index contributed by atoms with van der Waals surface area (Å²) in [5.41, 5.74) is 1.38. The number of amides is 1. The fourth-order valence-corrected chi connectivity index (χ4v) is 3.76. The molecule has 2 heterocycles. The first kappa shape index (κ1) is 23.5. The average molecular weight is 458 g/mol. The number of carbonyl (C=O) groups excluding carboxylic acids is 1. The van der Waals surface area contributed by atoms with E-state index in [0.717, 1.165) is 23.4 Å². The number of carbonyl (C=O) groups is 1. The molecule has 1 aromatic carbocycles. The second-order valence-electron chi connectivity index (χ2n) is 7.62. The zero-order chi connectivity index (χ0) is 23.3. The first-order chi connectivity index (χ1) is 15.3. The number of nitrogens with zero attached hydrogens (tertiary/aromatic N) is 5. The first-order valence-corrected chi connectivity index (χ1v) is 11.4. The van der Waals surface area contributed by atoms with Crippen LogP contribution in [0.1, 0.15) is 43.1 Å². The molecule has 0 aliphatic heterocycles. The number of hydrogen-bond donors (Lipinski definition) is 2. The minimum Gasteiger partial charge on any atom is -0.367 e. The number of benzene rings is 1. The van der Waals surface area contributed by atoms with Gasteiger partial charge in [0, 0.05) is 35.5 Å². The molecule has 0 saturated carbocycles. The van der Waals surface area contributed by atoms with Crippen LogP contribution in [0.4, 0.5) is 11.5 Å². The maximum Gasteiger partial charge on any atom is 0.273 e. The van der Waals surface area contributed by atoms with Crippen LogP contribution in [0.25, 0.3) is 11.0 Å². The van der Waals surface area contributed by atoms with Crippen molar-refractivity contribution in [1.29, 1.82) is 0 Å². The molecule has 0 saturated heterocycles. The summed E-state index contributed by atoms with van der Waals surface area (Å²) in [6.45, 7) is 8.53. The Hall–Kier alpha value is -3.21. The Bertz CT molecular complexity index is 1130. The van der Waals surface area contributed by atoms with Crippen LogP contribution in [-0.4, -0.2) is 48.9 Å². The lowest BCUT2D eigenvalue weighted by Crippen LogP contribution is -2.27. The molecule has 0 spiro atoms. The van der Waals surface area contributed by atoms with Gasteiger partial charge in [-0.2, -0.15) is 5.10 Å². The molecule has 0 aliphatic rings. The summed E-state index contributed by atoms with van der Waals surface area (Å²) in [5.74, 6) is 1.28. The van der Waals surface area contributed by atoms with Gasteiger partial charge in [-0.1, -0.05) is 24.8 Å². The van der Waals surface area contributed by atoms with E-state index in [0.29, 0.717) is 29.5 Å². The van der Waals surface area contributed by atoms with Gasteiger partial charge in [0.05, 0.1) is 23.1 Å². The van der Waals surface area contributed by atoms with Crippen molar-refractivity contribution in [2.24, 2.45) is 0 Å². The SMILES string of the molecule is CCCSc1nc(NC(C)C)c2cnn(CCNC(=O)c3ccc(C)c([N+](=O)[O-])c3)c2n1. The molecule has 11 heteroatoms. The molecule has 32 heavy (non-hydrogen) atoms. The van der Waals surface area contributed by atoms with Crippen molar-refractivity contribution in [2.45, 2.75) is 51.9 Å². The van der Waals surface area contributed by atoms with Crippen LogP contribution in [0.3, 0.4) is 0 Å². The summed E-state index contributed by atoms with van der Waals surface area (Å²) in [6.07, 6.45) is 2.74. The lowest BCUT2D eigenvalue weighted by Gasteiger charge is -2.12. The number of rotatable bonds is 10. The third-order valence-electron chi connectivity index (χ3n) is 4.61. The van der Waals surface area contributed by atoms with E-state index in [9.17, 15) is 14.9 Å². The number of nitro groups is 1. The minimum absolute atomic E-state index is 0.0743. The molecule has 3 rings (SSSR count). The zero-order valence-corrected chi connectivity index (χ0v) is 19.4. The monoisotopic (exact) mass is 457 g/mol. The van der Waals surface area contributed by atoms with Crippen LogP contribution in [0.2, 0.25) is 0 Å². The maximum absolute atomic E-state index is 12.5. The normalized spacial score (nSPS) is 11.2. The molecular weight excluding hydrogens is 430 g/mol. The summed E-state index contributed by atoms with van der Waals surface area (Å²) in [4.78, 5) is 32.4. The molecule has 0 aliphatic carbocycles. The summed E-state index contributed by atoms with van der Waals surface area (Å²) in [6, 6.07) is 4.65. The van der Waals surface area contributed by atoms with Gasteiger partial charge >= 0.3 is 0 Å². The predicted molar refractivity (Wildman–Crippen MR) is 125 cm³/mol. The molecule has 0 unspecified atom stereocenters. The van der Waals surface area contributed by atoms with Crippen LogP contribution < -0.4 is 10.6 Å². The van der Waals surface area contributed by atoms with Crippen LogP contribution in [0.5, 0.6) is 0 Å². The van der Waals surface area contributed by atoms with E-state index in [1.54, 1.807) is 41.7 Å². The Kier molecular flexibility index (Phi) is 7.62. The van der Waals surface area contributed by atoms with Gasteiger partial charge in [0.15, 0.2) is 10.8 Å². The van der Waals surface area contributed by atoms with Gasteiger partial charge in [0.1, 0.15) is 5.82 Å². The molecule has 0 fully saturated rings. The number of anilines is 1. The minimum atomic E-state index is -0.487. The van der Waals surface area contributed by atoms with Gasteiger partial charge in [0.2, 0.25) is 0 Å². The first-order valence-electron chi connectivity index (χ1n) is 10.5. The van der Waals surface area contributed by atoms with Gasteiger partial charge in [-0.05, 0) is 33.3 Å². The van der Waals surface area contributed by atoms with Crippen LogP contribution in [-0.2, 0) is 6.54 Å².